The summed E-state index contributed by atoms with van der Waals surface area (Å²) < 4.78 is 31.9. The van der Waals surface area contributed by atoms with Crippen LogP contribution in [0.3, 0.4) is 0 Å². The lowest BCUT2D eigenvalue weighted by atomic mass is 9.84. The van der Waals surface area contributed by atoms with Crippen molar-refractivity contribution in [3.63, 3.8) is 0 Å². The fraction of sp³-hybridized carbons (Fsp3) is 0.250. The normalized spacial score (nSPS) is 13.4. The maximum absolute atomic E-state index is 13.6. The van der Waals surface area contributed by atoms with E-state index in [1.54, 1.807) is 36.4 Å². The smallest absolute Gasteiger partial charge is 0.264 e. The minimum atomic E-state index is -3.76. The summed E-state index contributed by atoms with van der Waals surface area (Å²) in [5.41, 5.74) is 9.23. The van der Waals surface area contributed by atoms with E-state index in [2.05, 4.69) is 4.98 Å². The van der Waals surface area contributed by atoms with Gasteiger partial charge in [0.25, 0.3) is 5.89 Å². The number of oxazole rings is 1. The van der Waals surface area contributed by atoms with Crippen LogP contribution in [0.15, 0.2) is 83.3 Å². The van der Waals surface area contributed by atoms with Crippen LogP contribution in [0.25, 0.3) is 11.1 Å². The van der Waals surface area contributed by atoms with Gasteiger partial charge in [0, 0.05) is 5.92 Å². The van der Waals surface area contributed by atoms with Crippen molar-refractivity contribution in [1.82, 2.24) is 4.98 Å². The van der Waals surface area contributed by atoms with Crippen molar-refractivity contribution >= 4 is 32.6 Å². The van der Waals surface area contributed by atoms with E-state index in [0.717, 1.165) is 11.1 Å². The molecule has 4 rings (SSSR count). The van der Waals surface area contributed by atoms with E-state index < -0.39 is 39.1 Å². The second-order valence-corrected chi connectivity index (χ2v) is 11.1. The second-order valence-electron chi connectivity index (χ2n) is 9.03. The monoisotopic (exact) mass is 504 g/mol. The Morgan fingerprint density at radius 1 is 0.889 bits per heavy atom. The summed E-state index contributed by atoms with van der Waals surface area (Å²) in [4.78, 5) is 30.5. The number of benzene rings is 3. The van der Waals surface area contributed by atoms with Crippen molar-refractivity contribution in [1.29, 1.82) is 0 Å². The highest BCUT2D eigenvalue weighted by Gasteiger charge is 2.38. The molecule has 3 aromatic carbocycles. The maximum Gasteiger partial charge on any atom is 0.264 e. The highest BCUT2D eigenvalue weighted by atomic mass is 32.2. The summed E-state index contributed by atoms with van der Waals surface area (Å²) in [6.07, 6.45) is 0.675. The Balaban J connectivity index is 1.64. The van der Waals surface area contributed by atoms with Crippen LogP contribution >= 0.6 is 0 Å². The number of ketones is 1. The number of fused-ring (bicyclic) bond motifs is 1. The lowest BCUT2D eigenvalue weighted by Gasteiger charge is -2.23. The minimum absolute atomic E-state index is 0.156. The summed E-state index contributed by atoms with van der Waals surface area (Å²) in [7, 11) is -3.76. The van der Waals surface area contributed by atoms with Crippen molar-refractivity contribution in [3.8, 4) is 0 Å². The number of hydrogen-bond donors (Lipinski definition) is 1. The van der Waals surface area contributed by atoms with Gasteiger partial charge in [0.05, 0.1) is 17.4 Å². The molecule has 0 radical (unpaired) electrons. The molecular formula is C28H28N2O5S. The number of aromatic nitrogens is 1. The predicted octanol–water partition coefficient (Wildman–Crippen LogP) is 4.28. The molecule has 0 aliphatic rings. The van der Waals surface area contributed by atoms with E-state index in [9.17, 15) is 18.0 Å². The van der Waals surface area contributed by atoms with Crippen LogP contribution < -0.4 is 5.73 Å². The first-order valence-corrected chi connectivity index (χ1v) is 13.5. The molecule has 0 bridgehead atoms. The summed E-state index contributed by atoms with van der Waals surface area (Å²) in [6.45, 7) is 1.91. The molecule has 186 valence electrons. The molecule has 7 nitrogen and oxygen atoms in total. The van der Waals surface area contributed by atoms with Crippen LogP contribution in [0, 0.1) is 18.8 Å². The van der Waals surface area contributed by atoms with Crippen LogP contribution in [0.2, 0.25) is 0 Å². The number of Topliss-reactive ketones (excluding diaryl/α,β-unsaturated/α-hetero) is 1. The Hall–Kier alpha value is -3.78. The quantitative estimate of drug-likeness (QED) is 0.304. The Bertz CT molecular complexity index is 1430. The van der Waals surface area contributed by atoms with Crippen molar-refractivity contribution in [2.45, 2.75) is 25.5 Å². The van der Waals surface area contributed by atoms with Gasteiger partial charge in [0.15, 0.2) is 15.4 Å². The lowest BCUT2D eigenvalue weighted by molar-refractivity contribution is -0.122. The molecule has 0 aliphatic heterocycles. The molecule has 2 N–H and O–H groups in total. The lowest BCUT2D eigenvalue weighted by Crippen LogP contribution is -2.39. The number of primary amides is 1. The summed E-state index contributed by atoms with van der Waals surface area (Å²) >= 11 is 0. The van der Waals surface area contributed by atoms with Gasteiger partial charge in [-0.25, -0.2) is 13.4 Å². The first kappa shape index (κ1) is 25.3. The Kier molecular flexibility index (Phi) is 7.64. The average Bonchev–Trinajstić information content (AvgIpc) is 3.29. The molecule has 2 atom stereocenters. The van der Waals surface area contributed by atoms with Crippen LogP contribution in [-0.2, 0) is 26.8 Å². The van der Waals surface area contributed by atoms with E-state index >= 15 is 0 Å². The zero-order chi connectivity index (χ0) is 25.7. The molecule has 36 heavy (non-hydrogen) atoms. The molecule has 1 amide bonds. The zero-order valence-electron chi connectivity index (χ0n) is 20.0. The molecule has 0 saturated heterocycles. The van der Waals surface area contributed by atoms with Gasteiger partial charge in [-0.2, -0.15) is 0 Å². The summed E-state index contributed by atoms with van der Waals surface area (Å²) in [5, 5.41) is 0. The van der Waals surface area contributed by atoms with E-state index in [4.69, 9.17) is 10.2 Å². The van der Waals surface area contributed by atoms with Crippen molar-refractivity contribution in [3.05, 3.63) is 101 Å². The van der Waals surface area contributed by atoms with Crippen molar-refractivity contribution in [2.75, 3.05) is 5.75 Å². The Morgan fingerprint density at radius 2 is 1.56 bits per heavy atom. The highest BCUT2D eigenvalue weighted by Crippen LogP contribution is 2.27. The van der Waals surface area contributed by atoms with Crippen molar-refractivity contribution in [2.24, 2.45) is 17.6 Å². The minimum Gasteiger partial charge on any atom is -0.434 e. The van der Waals surface area contributed by atoms with Gasteiger partial charge < -0.3 is 10.2 Å². The zero-order valence-corrected chi connectivity index (χ0v) is 20.8. The van der Waals surface area contributed by atoms with E-state index in [1.807, 2.05) is 49.4 Å². The second kappa shape index (κ2) is 10.9. The number of sulfone groups is 1. The standard InChI is InChI=1S/C28H28N2O5S/c1-19-11-13-21(14-12-19)17-36(33,34)18-23(27(29)32)22(16-15-20-7-3-2-4-8-20)26(31)28-30-24-9-5-6-10-25(24)35-28/h2-14,22-23H,15-18H2,1H3,(H2,29,32)/t22-,23?/m0/s1. The molecule has 1 aromatic heterocycles. The van der Waals surface area contributed by atoms with Crippen molar-refractivity contribution < 1.29 is 22.4 Å². The number of nitrogens with zero attached hydrogens (tertiary/aromatic N) is 1. The van der Waals surface area contributed by atoms with Gasteiger partial charge in [-0.05, 0) is 43.0 Å². The molecule has 0 aliphatic carbocycles. The molecule has 0 spiro atoms. The van der Waals surface area contributed by atoms with E-state index in [-0.39, 0.29) is 18.1 Å². The number of carbonyl (C=O) groups excluding carboxylic acids is 2. The third-order valence-electron chi connectivity index (χ3n) is 6.22. The fourth-order valence-corrected chi connectivity index (χ4v) is 6.05. The first-order valence-electron chi connectivity index (χ1n) is 11.7. The molecule has 1 heterocycles. The van der Waals surface area contributed by atoms with Crippen LogP contribution in [0.5, 0.6) is 0 Å². The fourth-order valence-electron chi connectivity index (χ4n) is 4.29. The Labute approximate surface area is 210 Å². The largest absolute Gasteiger partial charge is 0.434 e. The first-order chi connectivity index (χ1) is 17.2. The van der Waals surface area contributed by atoms with Gasteiger partial charge in [0.2, 0.25) is 11.7 Å². The molecule has 0 fully saturated rings. The van der Waals surface area contributed by atoms with Gasteiger partial charge in [-0.1, -0.05) is 72.3 Å². The van der Waals surface area contributed by atoms with Crippen LogP contribution in [-0.4, -0.2) is 30.8 Å². The average molecular weight is 505 g/mol. The molecule has 1 unspecified atom stereocenters. The number of aryl methyl sites for hydroxylation is 2. The van der Waals surface area contributed by atoms with Gasteiger partial charge in [-0.3, -0.25) is 9.59 Å². The number of carbonyl (C=O) groups is 2. The molecular weight excluding hydrogens is 476 g/mol. The summed E-state index contributed by atoms with van der Waals surface area (Å²) in [6, 6.07) is 23.5. The topological polar surface area (TPSA) is 120 Å². The number of para-hydroxylation sites is 2. The summed E-state index contributed by atoms with van der Waals surface area (Å²) in [5.74, 6) is -4.56. The number of nitrogens with two attached hydrogens (primary N) is 1. The number of amides is 1. The maximum atomic E-state index is 13.6. The molecule has 0 saturated carbocycles. The van der Waals surface area contributed by atoms with Crippen LogP contribution in [0.1, 0.15) is 33.8 Å². The number of rotatable bonds is 11. The third kappa shape index (κ3) is 6.26. The van der Waals surface area contributed by atoms with Crippen LogP contribution in [0.4, 0.5) is 0 Å². The van der Waals surface area contributed by atoms with E-state index in [0.29, 0.717) is 23.1 Å². The highest BCUT2D eigenvalue weighted by molar-refractivity contribution is 7.90. The number of hydrogen-bond acceptors (Lipinski definition) is 6. The molecule has 8 heteroatoms. The third-order valence-corrected chi connectivity index (χ3v) is 7.86. The van der Waals surface area contributed by atoms with Gasteiger partial charge in [-0.15, -0.1) is 0 Å². The SMILES string of the molecule is Cc1ccc(CS(=O)(=O)CC(C(N)=O)[C@H](CCc2ccccc2)C(=O)c2nc3ccccc3o2)cc1. The van der Waals surface area contributed by atoms with E-state index in [1.165, 1.54) is 0 Å². The predicted molar refractivity (Wildman–Crippen MR) is 138 cm³/mol. The van der Waals surface area contributed by atoms with Gasteiger partial charge >= 0.3 is 0 Å². The Morgan fingerprint density at radius 3 is 2.22 bits per heavy atom. The van der Waals surface area contributed by atoms with Gasteiger partial charge in [0.1, 0.15) is 5.52 Å². The molecule has 4 aromatic rings.